The van der Waals surface area contributed by atoms with Gasteiger partial charge in [0.1, 0.15) is 0 Å². The minimum absolute atomic E-state index is 0.169. The molecule has 1 aromatic heterocycles. The molecule has 0 spiro atoms. The van der Waals surface area contributed by atoms with Crippen molar-refractivity contribution in [2.45, 2.75) is 26.8 Å². The van der Waals surface area contributed by atoms with Gasteiger partial charge in [0.2, 0.25) is 6.79 Å². The minimum Gasteiger partial charge on any atom is -0.493 e. The number of fused-ring (bicyclic) bond motifs is 2. The first-order chi connectivity index (χ1) is 17.9. The number of aromatic nitrogens is 1. The van der Waals surface area contributed by atoms with Crippen LogP contribution in [0.5, 0.6) is 23.0 Å². The number of carbonyl (C=O) groups is 1. The summed E-state index contributed by atoms with van der Waals surface area (Å²) in [4.78, 5) is 32.0. The van der Waals surface area contributed by atoms with Crippen molar-refractivity contribution >= 4 is 23.4 Å². The van der Waals surface area contributed by atoms with E-state index >= 15 is 0 Å². The Morgan fingerprint density at radius 2 is 1.95 bits per heavy atom. The number of ether oxygens (including phenoxy) is 5. The molecule has 0 N–H and O–H groups in total. The molecule has 0 bridgehead atoms. The van der Waals surface area contributed by atoms with Crippen LogP contribution in [0.15, 0.2) is 57.5 Å². The lowest BCUT2D eigenvalue weighted by atomic mass is 9.95. The third kappa shape index (κ3) is 4.48. The lowest BCUT2D eigenvalue weighted by Gasteiger charge is -2.25. The smallest absolute Gasteiger partial charge is 0.338 e. The van der Waals surface area contributed by atoms with Crippen molar-refractivity contribution < 1.29 is 28.5 Å². The third-order valence-corrected chi connectivity index (χ3v) is 7.00. The Morgan fingerprint density at radius 1 is 1.14 bits per heavy atom. The number of benzene rings is 2. The molecule has 3 aromatic rings. The van der Waals surface area contributed by atoms with Crippen LogP contribution in [0, 0.1) is 0 Å². The van der Waals surface area contributed by atoms with Gasteiger partial charge in [-0.15, -0.1) is 0 Å². The Balaban J connectivity index is 1.70. The van der Waals surface area contributed by atoms with Gasteiger partial charge in [-0.1, -0.05) is 23.5 Å². The van der Waals surface area contributed by atoms with E-state index in [1.807, 2.05) is 31.2 Å². The molecular weight excluding hydrogens is 496 g/mol. The van der Waals surface area contributed by atoms with Crippen molar-refractivity contribution in [1.82, 2.24) is 4.57 Å². The summed E-state index contributed by atoms with van der Waals surface area (Å²) in [5, 5.41) is 0. The van der Waals surface area contributed by atoms with E-state index in [1.54, 1.807) is 43.7 Å². The fourth-order valence-corrected chi connectivity index (χ4v) is 5.44. The van der Waals surface area contributed by atoms with Gasteiger partial charge < -0.3 is 23.7 Å². The van der Waals surface area contributed by atoms with Crippen LogP contribution in [0.25, 0.3) is 6.08 Å². The maximum atomic E-state index is 13.8. The van der Waals surface area contributed by atoms with Crippen LogP contribution in [-0.4, -0.2) is 37.7 Å². The second kappa shape index (κ2) is 10.1. The van der Waals surface area contributed by atoms with E-state index in [1.165, 1.54) is 11.3 Å². The van der Waals surface area contributed by atoms with Crippen molar-refractivity contribution in [3.05, 3.63) is 78.5 Å². The largest absolute Gasteiger partial charge is 0.493 e. The summed E-state index contributed by atoms with van der Waals surface area (Å²) < 4.78 is 29.4. The summed E-state index contributed by atoms with van der Waals surface area (Å²) in [7, 11) is 1.56. The van der Waals surface area contributed by atoms with E-state index < -0.39 is 12.0 Å². The molecule has 37 heavy (non-hydrogen) atoms. The standard InChI is InChI=1S/C27H26N2O7S/c1-5-33-21-13-17(8-10-18(21)32-4)24-23(26(31)34-6-2)15(3)28-27-29(24)25(30)22(37-27)12-16-7-9-19-20(11-16)36-14-35-19/h7-13,24H,5-6,14H2,1-4H3/t24-/m1/s1. The molecule has 1 atom stereocenters. The van der Waals surface area contributed by atoms with E-state index in [9.17, 15) is 9.59 Å². The van der Waals surface area contributed by atoms with Crippen LogP contribution in [0.3, 0.4) is 0 Å². The molecule has 5 rings (SSSR count). The maximum absolute atomic E-state index is 13.8. The van der Waals surface area contributed by atoms with Gasteiger partial charge in [-0.3, -0.25) is 9.36 Å². The highest BCUT2D eigenvalue weighted by Gasteiger charge is 2.34. The van der Waals surface area contributed by atoms with Crippen LogP contribution >= 0.6 is 11.3 Å². The summed E-state index contributed by atoms with van der Waals surface area (Å²) in [6.07, 6.45) is 1.78. The predicted molar refractivity (Wildman–Crippen MR) is 137 cm³/mol. The summed E-state index contributed by atoms with van der Waals surface area (Å²) in [6, 6.07) is 10.1. The molecule has 0 unspecified atom stereocenters. The van der Waals surface area contributed by atoms with Crippen LogP contribution in [0.2, 0.25) is 0 Å². The van der Waals surface area contributed by atoms with E-state index in [2.05, 4.69) is 4.99 Å². The van der Waals surface area contributed by atoms with E-state index in [-0.39, 0.29) is 19.0 Å². The van der Waals surface area contributed by atoms with Crippen LogP contribution in [0.1, 0.15) is 37.9 Å². The average molecular weight is 523 g/mol. The molecular formula is C27H26N2O7S. The zero-order valence-electron chi connectivity index (χ0n) is 20.9. The van der Waals surface area contributed by atoms with Crippen LogP contribution in [0.4, 0.5) is 0 Å². The first kappa shape index (κ1) is 24.6. The zero-order chi connectivity index (χ0) is 26.1. The Bertz CT molecular complexity index is 1580. The van der Waals surface area contributed by atoms with Crippen LogP contribution < -0.4 is 33.8 Å². The Hall–Kier alpha value is -4.05. The molecule has 2 aliphatic heterocycles. The number of rotatable bonds is 7. The van der Waals surface area contributed by atoms with Gasteiger partial charge in [0.15, 0.2) is 27.8 Å². The lowest BCUT2D eigenvalue weighted by Crippen LogP contribution is -2.40. The SMILES string of the molecule is CCOC(=O)C1=C(C)N=c2sc(=Cc3ccc4c(c3)OCO4)c(=O)n2[C@@H]1c1ccc(OC)c(OCC)c1. The van der Waals surface area contributed by atoms with Gasteiger partial charge in [-0.2, -0.15) is 0 Å². The van der Waals surface area contributed by atoms with Crippen molar-refractivity contribution in [2.75, 3.05) is 27.1 Å². The number of esters is 1. The number of carbonyl (C=O) groups excluding carboxylic acids is 1. The van der Waals surface area contributed by atoms with Gasteiger partial charge in [0, 0.05) is 0 Å². The Morgan fingerprint density at radius 3 is 2.70 bits per heavy atom. The van der Waals surface area contributed by atoms with Crippen molar-refractivity contribution in [1.29, 1.82) is 0 Å². The Labute approximate surface area is 216 Å². The molecule has 3 heterocycles. The molecule has 0 saturated heterocycles. The number of thiazole rings is 1. The van der Waals surface area contributed by atoms with Crippen LogP contribution in [-0.2, 0) is 9.53 Å². The zero-order valence-corrected chi connectivity index (χ0v) is 21.7. The van der Waals surface area contributed by atoms with E-state index in [0.29, 0.717) is 55.8 Å². The highest BCUT2D eigenvalue weighted by molar-refractivity contribution is 7.07. The third-order valence-electron chi connectivity index (χ3n) is 6.01. The van der Waals surface area contributed by atoms with Gasteiger partial charge >= 0.3 is 5.97 Å². The summed E-state index contributed by atoms with van der Waals surface area (Å²) in [6.45, 7) is 6.16. The van der Waals surface area contributed by atoms with Crippen molar-refractivity contribution in [2.24, 2.45) is 4.99 Å². The normalized spacial score (nSPS) is 16.3. The van der Waals surface area contributed by atoms with Gasteiger partial charge in [0.25, 0.3) is 5.56 Å². The van der Waals surface area contributed by atoms with E-state index in [4.69, 9.17) is 23.7 Å². The molecule has 0 saturated carbocycles. The quantitative estimate of drug-likeness (QED) is 0.440. The molecule has 2 aliphatic rings. The highest BCUT2D eigenvalue weighted by atomic mass is 32.1. The molecule has 10 heteroatoms. The molecule has 0 fully saturated rings. The topological polar surface area (TPSA) is 97.6 Å². The number of hydrogen-bond donors (Lipinski definition) is 0. The molecule has 9 nitrogen and oxygen atoms in total. The average Bonchev–Trinajstić information content (AvgIpc) is 3.47. The highest BCUT2D eigenvalue weighted by Crippen LogP contribution is 2.36. The predicted octanol–water partition coefficient (Wildman–Crippen LogP) is 2.93. The number of methoxy groups -OCH3 is 1. The molecule has 192 valence electrons. The molecule has 0 radical (unpaired) electrons. The van der Waals surface area contributed by atoms with Crippen molar-refractivity contribution in [3.63, 3.8) is 0 Å². The second-order valence-electron chi connectivity index (χ2n) is 8.26. The minimum atomic E-state index is -0.751. The molecule has 0 amide bonds. The second-order valence-corrected chi connectivity index (χ2v) is 9.27. The van der Waals surface area contributed by atoms with Gasteiger partial charge in [0.05, 0.1) is 42.2 Å². The fraction of sp³-hybridized carbons (Fsp3) is 0.296. The number of hydrogen-bond acceptors (Lipinski definition) is 9. The fourth-order valence-electron chi connectivity index (χ4n) is 4.39. The maximum Gasteiger partial charge on any atom is 0.338 e. The number of allylic oxidation sites excluding steroid dienone is 1. The summed E-state index contributed by atoms with van der Waals surface area (Å²) >= 11 is 1.26. The first-order valence-corrected chi connectivity index (χ1v) is 12.7. The first-order valence-electron chi connectivity index (χ1n) is 11.8. The monoisotopic (exact) mass is 522 g/mol. The Kier molecular flexibility index (Phi) is 6.75. The summed E-state index contributed by atoms with van der Waals surface area (Å²) in [5.41, 5.74) is 1.99. The summed E-state index contributed by atoms with van der Waals surface area (Å²) in [5.74, 6) is 1.84. The van der Waals surface area contributed by atoms with Crippen molar-refractivity contribution in [3.8, 4) is 23.0 Å². The molecule has 2 aromatic carbocycles. The lowest BCUT2D eigenvalue weighted by molar-refractivity contribution is -0.139. The van der Waals surface area contributed by atoms with Gasteiger partial charge in [-0.25, -0.2) is 9.79 Å². The van der Waals surface area contributed by atoms with Gasteiger partial charge in [-0.05, 0) is 62.2 Å². The van der Waals surface area contributed by atoms with E-state index in [0.717, 1.165) is 5.56 Å². The molecule has 0 aliphatic carbocycles. The number of nitrogens with zero attached hydrogens (tertiary/aromatic N) is 2.